The van der Waals surface area contributed by atoms with E-state index in [1.807, 2.05) is 11.8 Å². The standard InChI is InChI=1S/C19H29N3O4S/c1-16-4-6-18(7-5-16)27(24,25)20-9-8-19(23)22-12-10-21(11-13-22)15-17-3-2-14-26-17/h4-7,17,20H,2-3,8-15H2,1H3. The van der Waals surface area contributed by atoms with Crippen molar-refractivity contribution in [2.24, 2.45) is 0 Å². The Morgan fingerprint density at radius 1 is 1.19 bits per heavy atom. The molecule has 8 heteroatoms. The third-order valence-corrected chi connectivity index (χ3v) is 6.65. The van der Waals surface area contributed by atoms with Crippen LogP contribution in [0.5, 0.6) is 0 Å². The summed E-state index contributed by atoms with van der Waals surface area (Å²) >= 11 is 0. The summed E-state index contributed by atoms with van der Waals surface area (Å²) in [5, 5.41) is 0. The summed E-state index contributed by atoms with van der Waals surface area (Å²) in [4.78, 5) is 16.8. The zero-order chi connectivity index (χ0) is 19.3. The molecule has 1 unspecified atom stereocenters. The number of benzene rings is 1. The van der Waals surface area contributed by atoms with Gasteiger partial charge in [0.25, 0.3) is 0 Å². The minimum Gasteiger partial charge on any atom is -0.377 e. The first-order valence-electron chi connectivity index (χ1n) is 9.62. The number of nitrogens with zero attached hydrogens (tertiary/aromatic N) is 2. The number of nitrogens with one attached hydrogen (secondary N) is 1. The molecule has 0 bridgehead atoms. The maximum atomic E-state index is 12.4. The van der Waals surface area contributed by atoms with Crippen molar-refractivity contribution in [2.45, 2.75) is 37.2 Å². The summed E-state index contributed by atoms with van der Waals surface area (Å²) in [5.74, 6) is -0.00151. The highest BCUT2D eigenvalue weighted by Crippen LogP contribution is 2.15. The molecule has 2 aliphatic rings. The minimum atomic E-state index is -3.57. The number of aryl methyl sites for hydroxylation is 1. The first kappa shape index (κ1) is 20.3. The molecule has 27 heavy (non-hydrogen) atoms. The smallest absolute Gasteiger partial charge is 0.240 e. The number of piperazine rings is 1. The second-order valence-electron chi connectivity index (χ2n) is 7.28. The van der Waals surface area contributed by atoms with Crippen LogP contribution < -0.4 is 4.72 Å². The Morgan fingerprint density at radius 2 is 1.89 bits per heavy atom. The van der Waals surface area contributed by atoms with Gasteiger partial charge in [0.1, 0.15) is 0 Å². The van der Waals surface area contributed by atoms with Crippen molar-refractivity contribution >= 4 is 15.9 Å². The van der Waals surface area contributed by atoms with Gasteiger partial charge in [0.2, 0.25) is 15.9 Å². The van der Waals surface area contributed by atoms with Crippen LogP contribution in [0.1, 0.15) is 24.8 Å². The lowest BCUT2D eigenvalue weighted by Gasteiger charge is -2.35. The van der Waals surface area contributed by atoms with Crippen LogP contribution in [-0.2, 0) is 19.6 Å². The van der Waals surface area contributed by atoms with Crippen LogP contribution in [-0.4, -0.2) is 76.1 Å². The fourth-order valence-corrected chi connectivity index (χ4v) is 4.54. The number of amides is 1. The molecule has 2 fully saturated rings. The average Bonchev–Trinajstić information content (AvgIpc) is 3.15. The molecule has 1 amide bonds. The molecule has 3 rings (SSSR count). The van der Waals surface area contributed by atoms with Crippen molar-refractivity contribution in [1.29, 1.82) is 0 Å². The van der Waals surface area contributed by atoms with Crippen LogP contribution >= 0.6 is 0 Å². The lowest BCUT2D eigenvalue weighted by atomic mass is 10.2. The summed E-state index contributed by atoms with van der Waals surface area (Å²) in [5.41, 5.74) is 1.00. The van der Waals surface area contributed by atoms with Crippen molar-refractivity contribution < 1.29 is 17.9 Å². The van der Waals surface area contributed by atoms with Crippen LogP contribution in [0.25, 0.3) is 0 Å². The number of hydrogen-bond donors (Lipinski definition) is 1. The van der Waals surface area contributed by atoms with E-state index in [9.17, 15) is 13.2 Å². The van der Waals surface area contributed by atoms with Gasteiger partial charge in [-0.1, -0.05) is 17.7 Å². The van der Waals surface area contributed by atoms with Gasteiger partial charge in [-0.3, -0.25) is 9.69 Å². The average molecular weight is 396 g/mol. The predicted molar refractivity (Wildman–Crippen MR) is 103 cm³/mol. The molecule has 0 aromatic heterocycles. The van der Waals surface area contributed by atoms with Crippen LogP contribution in [0.4, 0.5) is 0 Å². The van der Waals surface area contributed by atoms with Gasteiger partial charge < -0.3 is 9.64 Å². The normalized spacial score (nSPS) is 21.5. The molecule has 2 saturated heterocycles. The predicted octanol–water partition coefficient (Wildman–Crippen LogP) is 0.987. The van der Waals surface area contributed by atoms with E-state index in [-0.39, 0.29) is 23.8 Å². The van der Waals surface area contributed by atoms with Crippen LogP contribution in [0, 0.1) is 6.92 Å². The lowest BCUT2D eigenvalue weighted by Crippen LogP contribution is -2.50. The number of rotatable bonds is 7. The zero-order valence-electron chi connectivity index (χ0n) is 15.9. The Balaban J connectivity index is 1.39. The lowest BCUT2D eigenvalue weighted by molar-refractivity contribution is -0.132. The molecule has 0 radical (unpaired) electrons. The number of carbonyl (C=O) groups is 1. The summed E-state index contributed by atoms with van der Waals surface area (Å²) in [6.45, 7) is 6.90. The van der Waals surface area contributed by atoms with Gasteiger partial charge in [0, 0.05) is 52.3 Å². The first-order valence-corrected chi connectivity index (χ1v) is 11.1. The van der Waals surface area contributed by atoms with Gasteiger partial charge in [0.15, 0.2) is 0 Å². The van der Waals surface area contributed by atoms with Gasteiger partial charge in [-0.05, 0) is 31.9 Å². The number of sulfonamides is 1. The highest BCUT2D eigenvalue weighted by molar-refractivity contribution is 7.89. The van der Waals surface area contributed by atoms with Crippen LogP contribution in [0.15, 0.2) is 29.2 Å². The Morgan fingerprint density at radius 3 is 2.52 bits per heavy atom. The maximum absolute atomic E-state index is 12.4. The Hall–Kier alpha value is -1.48. The molecule has 1 atom stereocenters. The topological polar surface area (TPSA) is 79.0 Å². The number of ether oxygens (including phenoxy) is 1. The maximum Gasteiger partial charge on any atom is 0.240 e. The molecule has 0 spiro atoms. The molecule has 1 aromatic carbocycles. The van der Waals surface area contributed by atoms with Gasteiger partial charge in [0.05, 0.1) is 11.0 Å². The fraction of sp³-hybridized carbons (Fsp3) is 0.632. The van der Waals surface area contributed by atoms with E-state index in [0.717, 1.165) is 44.6 Å². The zero-order valence-corrected chi connectivity index (χ0v) is 16.7. The molecule has 1 aromatic rings. The molecule has 0 aliphatic carbocycles. The summed E-state index contributed by atoms with van der Waals surface area (Å²) < 4.78 is 32.7. The van der Waals surface area contributed by atoms with Crippen LogP contribution in [0.2, 0.25) is 0 Å². The van der Waals surface area contributed by atoms with Crippen LogP contribution in [0.3, 0.4) is 0 Å². The quantitative estimate of drug-likeness (QED) is 0.745. The molecular weight excluding hydrogens is 366 g/mol. The van der Waals surface area contributed by atoms with Gasteiger partial charge in [-0.2, -0.15) is 0 Å². The number of hydrogen-bond acceptors (Lipinski definition) is 5. The van der Waals surface area contributed by atoms with Gasteiger partial charge >= 0.3 is 0 Å². The highest BCUT2D eigenvalue weighted by Gasteiger charge is 2.25. The van der Waals surface area contributed by atoms with E-state index < -0.39 is 10.0 Å². The summed E-state index contributed by atoms with van der Waals surface area (Å²) in [7, 11) is -3.57. The minimum absolute atomic E-state index is 0.00151. The summed E-state index contributed by atoms with van der Waals surface area (Å²) in [6, 6.07) is 6.67. The molecule has 2 aliphatic heterocycles. The van der Waals surface area contributed by atoms with E-state index in [0.29, 0.717) is 19.2 Å². The van der Waals surface area contributed by atoms with Gasteiger partial charge in [-0.15, -0.1) is 0 Å². The Bertz CT molecular complexity index is 722. The molecule has 2 heterocycles. The Labute approximate surface area is 161 Å². The second kappa shape index (κ2) is 9.14. The SMILES string of the molecule is Cc1ccc(S(=O)(=O)NCCC(=O)N2CCN(CC3CCCO3)CC2)cc1. The monoisotopic (exact) mass is 395 g/mol. The van der Waals surface area contributed by atoms with Crippen molar-refractivity contribution in [1.82, 2.24) is 14.5 Å². The molecule has 1 N–H and O–H groups in total. The van der Waals surface area contributed by atoms with Crippen molar-refractivity contribution in [3.8, 4) is 0 Å². The largest absolute Gasteiger partial charge is 0.377 e. The molecular formula is C19H29N3O4S. The van der Waals surface area contributed by atoms with Gasteiger partial charge in [-0.25, -0.2) is 13.1 Å². The molecule has 150 valence electrons. The third kappa shape index (κ3) is 5.75. The van der Waals surface area contributed by atoms with E-state index in [1.54, 1.807) is 24.3 Å². The van der Waals surface area contributed by atoms with Crippen molar-refractivity contribution in [3.05, 3.63) is 29.8 Å². The molecule has 0 saturated carbocycles. The number of carbonyl (C=O) groups excluding carboxylic acids is 1. The van der Waals surface area contributed by atoms with E-state index in [2.05, 4.69) is 9.62 Å². The van der Waals surface area contributed by atoms with E-state index in [1.165, 1.54) is 0 Å². The fourth-order valence-electron chi connectivity index (χ4n) is 3.51. The third-order valence-electron chi connectivity index (χ3n) is 5.17. The molecule has 7 nitrogen and oxygen atoms in total. The van der Waals surface area contributed by atoms with Crippen molar-refractivity contribution in [3.63, 3.8) is 0 Å². The second-order valence-corrected chi connectivity index (χ2v) is 9.04. The van der Waals surface area contributed by atoms with Crippen molar-refractivity contribution in [2.75, 3.05) is 45.9 Å². The van der Waals surface area contributed by atoms with E-state index in [4.69, 9.17) is 4.74 Å². The summed E-state index contributed by atoms with van der Waals surface area (Å²) in [6.07, 6.45) is 2.78. The Kier molecular flexibility index (Phi) is 6.86. The highest BCUT2D eigenvalue weighted by atomic mass is 32.2. The van der Waals surface area contributed by atoms with E-state index >= 15 is 0 Å². The first-order chi connectivity index (χ1) is 12.9.